The summed E-state index contributed by atoms with van der Waals surface area (Å²) in [6.45, 7) is -1.34. The SMILES string of the molecule is C[C@H](NC(=O)CNC(=O)C1CCCCC1)c1nc2ccccc2n1C(F)F. The molecule has 0 aliphatic heterocycles. The van der Waals surface area contributed by atoms with Crippen LogP contribution in [0.2, 0.25) is 0 Å². The van der Waals surface area contributed by atoms with Crippen LogP contribution in [0.25, 0.3) is 11.0 Å². The number of hydrogen-bond donors (Lipinski definition) is 2. The molecule has 0 spiro atoms. The van der Waals surface area contributed by atoms with E-state index in [1.54, 1.807) is 31.2 Å². The van der Waals surface area contributed by atoms with Crippen molar-refractivity contribution in [1.82, 2.24) is 20.2 Å². The fraction of sp³-hybridized carbons (Fsp3) is 0.526. The molecule has 1 aromatic carbocycles. The highest BCUT2D eigenvalue weighted by atomic mass is 19.3. The molecule has 1 aliphatic carbocycles. The van der Waals surface area contributed by atoms with Crippen molar-refractivity contribution in [3.8, 4) is 0 Å². The summed E-state index contributed by atoms with van der Waals surface area (Å²) in [5.41, 5.74) is 0.758. The average molecular weight is 378 g/mol. The van der Waals surface area contributed by atoms with E-state index in [4.69, 9.17) is 0 Å². The number of amides is 2. The highest BCUT2D eigenvalue weighted by Crippen LogP contribution is 2.26. The lowest BCUT2D eigenvalue weighted by atomic mass is 9.89. The van der Waals surface area contributed by atoms with E-state index >= 15 is 0 Å². The van der Waals surface area contributed by atoms with Gasteiger partial charge >= 0.3 is 6.55 Å². The van der Waals surface area contributed by atoms with Crippen LogP contribution in [0.15, 0.2) is 24.3 Å². The Morgan fingerprint density at radius 2 is 1.93 bits per heavy atom. The zero-order valence-corrected chi connectivity index (χ0v) is 15.3. The first-order valence-electron chi connectivity index (χ1n) is 9.29. The van der Waals surface area contributed by atoms with Gasteiger partial charge in [-0.15, -0.1) is 0 Å². The summed E-state index contributed by atoms with van der Waals surface area (Å²) in [5.74, 6) is -0.498. The molecular formula is C19H24F2N4O2. The fourth-order valence-corrected chi connectivity index (χ4v) is 3.61. The molecule has 1 heterocycles. The number of nitrogens with one attached hydrogen (secondary N) is 2. The van der Waals surface area contributed by atoms with E-state index in [0.717, 1.165) is 36.7 Å². The van der Waals surface area contributed by atoms with Crippen molar-refractivity contribution in [1.29, 1.82) is 0 Å². The van der Waals surface area contributed by atoms with E-state index in [1.807, 2.05) is 0 Å². The Morgan fingerprint density at radius 3 is 2.63 bits per heavy atom. The maximum Gasteiger partial charge on any atom is 0.320 e. The molecule has 1 aromatic heterocycles. The molecule has 2 amide bonds. The molecular weight excluding hydrogens is 354 g/mol. The van der Waals surface area contributed by atoms with Crippen LogP contribution < -0.4 is 10.6 Å². The summed E-state index contributed by atoms with van der Waals surface area (Å²) < 4.78 is 27.8. The highest BCUT2D eigenvalue weighted by molar-refractivity contribution is 5.86. The van der Waals surface area contributed by atoms with Gasteiger partial charge in [-0.05, 0) is 31.9 Å². The van der Waals surface area contributed by atoms with Crippen LogP contribution >= 0.6 is 0 Å². The van der Waals surface area contributed by atoms with Crippen LogP contribution in [0.4, 0.5) is 8.78 Å². The van der Waals surface area contributed by atoms with Crippen LogP contribution in [-0.2, 0) is 9.59 Å². The van der Waals surface area contributed by atoms with Gasteiger partial charge in [-0.1, -0.05) is 31.4 Å². The van der Waals surface area contributed by atoms with Gasteiger partial charge in [-0.25, -0.2) is 4.98 Å². The molecule has 3 rings (SSSR count). The molecule has 1 saturated carbocycles. The Kier molecular flexibility index (Phi) is 6.03. The summed E-state index contributed by atoms with van der Waals surface area (Å²) in [6.07, 6.45) is 4.91. The van der Waals surface area contributed by atoms with Gasteiger partial charge in [0.1, 0.15) is 5.82 Å². The van der Waals surface area contributed by atoms with Crippen LogP contribution in [0.5, 0.6) is 0 Å². The normalized spacial score (nSPS) is 16.4. The van der Waals surface area contributed by atoms with Crippen LogP contribution in [0.3, 0.4) is 0 Å². The quantitative estimate of drug-likeness (QED) is 0.810. The molecule has 1 aliphatic rings. The molecule has 0 bridgehead atoms. The van der Waals surface area contributed by atoms with E-state index < -0.39 is 18.5 Å². The Bertz CT molecular complexity index is 815. The number of hydrogen-bond acceptors (Lipinski definition) is 3. The van der Waals surface area contributed by atoms with Gasteiger partial charge in [0, 0.05) is 5.92 Å². The Hall–Kier alpha value is -2.51. The Balaban J connectivity index is 1.62. The van der Waals surface area contributed by atoms with E-state index in [9.17, 15) is 18.4 Å². The minimum atomic E-state index is -2.77. The Morgan fingerprint density at radius 1 is 1.22 bits per heavy atom. The second kappa shape index (κ2) is 8.45. The number of para-hydroxylation sites is 2. The van der Waals surface area contributed by atoms with Gasteiger partial charge < -0.3 is 10.6 Å². The number of aromatic nitrogens is 2. The van der Waals surface area contributed by atoms with Gasteiger partial charge in [0.05, 0.1) is 23.6 Å². The van der Waals surface area contributed by atoms with Gasteiger partial charge in [0.25, 0.3) is 0 Å². The van der Waals surface area contributed by atoms with Gasteiger partial charge in [-0.3, -0.25) is 14.2 Å². The van der Waals surface area contributed by atoms with Gasteiger partial charge in [0.15, 0.2) is 0 Å². The topological polar surface area (TPSA) is 76.0 Å². The summed E-state index contributed by atoms with van der Waals surface area (Å²) in [6, 6.07) is 5.88. The summed E-state index contributed by atoms with van der Waals surface area (Å²) in [5, 5.41) is 5.29. The van der Waals surface area contributed by atoms with Crippen molar-refractivity contribution in [3.05, 3.63) is 30.1 Å². The fourth-order valence-electron chi connectivity index (χ4n) is 3.61. The van der Waals surface area contributed by atoms with E-state index in [0.29, 0.717) is 11.0 Å². The van der Waals surface area contributed by atoms with Crippen molar-refractivity contribution in [2.45, 2.75) is 51.6 Å². The van der Waals surface area contributed by atoms with Crippen molar-refractivity contribution >= 4 is 22.8 Å². The zero-order chi connectivity index (χ0) is 19.4. The molecule has 146 valence electrons. The number of benzene rings is 1. The van der Waals surface area contributed by atoms with Crippen molar-refractivity contribution in [3.63, 3.8) is 0 Å². The number of carbonyl (C=O) groups is 2. The lowest BCUT2D eigenvalue weighted by molar-refractivity contribution is -0.129. The summed E-state index contributed by atoms with van der Waals surface area (Å²) in [7, 11) is 0. The van der Waals surface area contributed by atoms with Crippen LogP contribution in [0, 0.1) is 5.92 Å². The van der Waals surface area contributed by atoms with E-state index in [-0.39, 0.29) is 24.2 Å². The molecule has 8 heteroatoms. The molecule has 1 fully saturated rings. The first-order valence-corrected chi connectivity index (χ1v) is 9.29. The minimum Gasteiger partial charge on any atom is -0.347 e. The number of halogens is 2. The van der Waals surface area contributed by atoms with Gasteiger partial charge in [0.2, 0.25) is 11.8 Å². The van der Waals surface area contributed by atoms with Gasteiger partial charge in [-0.2, -0.15) is 8.78 Å². The van der Waals surface area contributed by atoms with Crippen LogP contribution in [-0.4, -0.2) is 27.9 Å². The van der Waals surface area contributed by atoms with Crippen LogP contribution in [0.1, 0.15) is 57.4 Å². The van der Waals surface area contributed by atoms with Crippen molar-refractivity contribution < 1.29 is 18.4 Å². The maximum atomic E-state index is 13.5. The second-order valence-electron chi connectivity index (χ2n) is 6.95. The number of alkyl halides is 2. The zero-order valence-electron chi connectivity index (χ0n) is 15.3. The highest BCUT2D eigenvalue weighted by Gasteiger charge is 2.24. The maximum absolute atomic E-state index is 13.5. The summed E-state index contributed by atoms with van der Waals surface area (Å²) in [4.78, 5) is 28.5. The molecule has 0 unspecified atom stereocenters. The lowest BCUT2D eigenvalue weighted by Crippen LogP contribution is -2.41. The standard InChI is InChI=1S/C19H24F2N4O2/c1-12(17-24-14-9-5-6-10-15(14)25(17)19(20)21)23-16(26)11-22-18(27)13-7-3-2-4-8-13/h5-6,9-10,12-13,19H,2-4,7-8,11H2,1H3,(H,22,27)(H,23,26)/t12-/m0/s1. The largest absolute Gasteiger partial charge is 0.347 e. The molecule has 27 heavy (non-hydrogen) atoms. The molecule has 0 radical (unpaired) electrons. The molecule has 6 nitrogen and oxygen atoms in total. The number of rotatable bonds is 6. The van der Waals surface area contributed by atoms with Crippen molar-refractivity contribution in [2.75, 3.05) is 6.54 Å². The smallest absolute Gasteiger partial charge is 0.320 e. The third-order valence-electron chi connectivity index (χ3n) is 4.98. The number of nitrogens with zero attached hydrogens (tertiary/aromatic N) is 2. The first kappa shape index (κ1) is 19.3. The molecule has 2 aromatic rings. The third kappa shape index (κ3) is 4.43. The lowest BCUT2D eigenvalue weighted by Gasteiger charge is -2.21. The van der Waals surface area contributed by atoms with E-state index in [1.165, 1.54) is 0 Å². The van der Waals surface area contributed by atoms with E-state index in [2.05, 4.69) is 15.6 Å². The Labute approximate surface area is 156 Å². The predicted octanol–water partition coefficient (Wildman–Crippen LogP) is 3.31. The second-order valence-corrected chi connectivity index (χ2v) is 6.95. The number of fused-ring (bicyclic) bond motifs is 1. The minimum absolute atomic E-state index is 0.0352. The third-order valence-corrected chi connectivity index (χ3v) is 4.98. The monoisotopic (exact) mass is 378 g/mol. The molecule has 0 saturated heterocycles. The number of carbonyl (C=O) groups excluding carboxylic acids is 2. The predicted molar refractivity (Wildman–Crippen MR) is 97.1 cm³/mol. The summed E-state index contributed by atoms with van der Waals surface area (Å²) >= 11 is 0. The first-order chi connectivity index (χ1) is 13.0. The number of imidazole rings is 1. The average Bonchev–Trinajstić information content (AvgIpc) is 3.07. The molecule has 1 atom stereocenters. The van der Waals surface area contributed by atoms with Crippen molar-refractivity contribution in [2.24, 2.45) is 5.92 Å². The molecule has 2 N–H and O–H groups in total.